The Kier molecular flexibility index (Phi) is 2.02. The fourth-order valence-electron chi connectivity index (χ4n) is 1.03. The third kappa shape index (κ3) is 1.60. The Labute approximate surface area is 74.2 Å². The summed E-state index contributed by atoms with van der Waals surface area (Å²) in [5.74, 6) is 0.698. The number of rotatable bonds is 3. The van der Waals surface area contributed by atoms with E-state index in [4.69, 9.17) is 0 Å². The molecular weight excluding hydrogens is 172 g/mol. The number of isocyanates is 1. The van der Waals surface area contributed by atoms with E-state index in [9.17, 15) is 4.79 Å². The van der Waals surface area contributed by atoms with Gasteiger partial charge in [-0.05, 0) is 12.8 Å². The van der Waals surface area contributed by atoms with Gasteiger partial charge in [0, 0.05) is 11.3 Å². The molecule has 1 heterocycles. The maximum Gasteiger partial charge on any atom is 0.235 e. The van der Waals surface area contributed by atoms with Crippen molar-refractivity contribution in [3.05, 3.63) is 16.1 Å². The van der Waals surface area contributed by atoms with Gasteiger partial charge in [0.25, 0.3) is 0 Å². The van der Waals surface area contributed by atoms with Gasteiger partial charge in [0.2, 0.25) is 6.08 Å². The van der Waals surface area contributed by atoms with Crippen LogP contribution in [0.5, 0.6) is 0 Å². The first-order chi connectivity index (χ1) is 5.90. The summed E-state index contributed by atoms with van der Waals surface area (Å²) >= 11 is 1.67. The van der Waals surface area contributed by atoms with E-state index >= 15 is 0 Å². The lowest BCUT2D eigenvalue weighted by molar-refractivity contribution is 0.562. The molecule has 1 fully saturated rings. The second-order valence-electron chi connectivity index (χ2n) is 2.86. The van der Waals surface area contributed by atoms with Crippen LogP contribution in [-0.2, 0) is 11.3 Å². The lowest BCUT2D eigenvalue weighted by Gasteiger charge is -1.85. The smallest absolute Gasteiger partial charge is 0.235 e. The fraction of sp³-hybridized carbons (Fsp3) is 0.500. The summed E-state index contributed by atoms with van der Waals surface area (Å²) in [5.41, 5.74) is 0.894. The summed E-state index contributed by atoms with van der Waals surface area (Å²) in [6.45, 7) is 0.382. The van der Waals surface area contributed by atoms with Crippen molar-refractivity contribution in [2.24, 2.45) is 4.99 Å². The van der Waals surface area contributed by atoms with Crippen LogP contribution in [0, 0.1) is 0 Å². The number of aliphatic imine (C=N–C) groups is 1. The van der Waals surface area contributed by atoms with E-state index in [1.54, 1.807) is 11.3 Å². The van der Waals surface area contributed by atoms with Crippen LogP contribution in [0.4, 0.5) is 0 Å². The molecule has 4 heteroatoms. The van der Waals surface area contributed by atoms with Crippen molar-refractivity contribution in [3.8, 4) is 0 Å². The molecule has 0 amide bonds. The zero-order chi connectivity index (χ0) is 8.39. The number of nitrogens with zero attached hydrogens (tertiary/aromatic N) is 2. The third-order valence-corrected chi connectivity index (χ3v) is 2.86. The molecule has 0 radical (unpaired) electrons. The predicted molar refractivity (Wildman–Crippen MR) is 45.9 cm³/mol. The molecule has 1 aromatic heterocycles. The van der Waals surface area contributed by atoms with Crippen molar-refractivity contribution >= 4 is 17.4 Å². The Bertz CT molecular complexity index is 324. The lowest BCUT2D eigenvalue weighted by Crippen LogP contribution is -1.82. The minimum absolute atomic E-state index is 0.382. The van der Waals surface area contributed by atoms with E-state index in [-0.39, 0.29) is 0 Å². The van der Waals surface area contributed by atoms with Crippen LogP contribution in [-0.4, -0.2) is 11.1 Å². The number of aromatic nitrogens is 1. The van der Waals surface area contributed by atoms with Crippen LogP contribution in [0.3, 0.4) is 0 Å². The van der Waals surface area contributed by atoms with Gasteiger partial charge in [0.15, 0.2) is 0 Å². The monoisotopic (exact) mass is 180 g/mol. The van der Waals surface area contributed by atoms with Crippen molar-refractivity contribution in [1.82, 2.24) is 4.98 Å². The number of thiazole rings is 1. The Balaban J connectivity index is 2.07. The topological polar surface area (TPSA) is 42.3 Å². The van der Waals surface area contributed by atoms with E-state index in [0.717, 1.165) is 5.69 Å². The molecule has 1 aliphatic rings. The van der Waals surface area contributed by atoms with Crippen molar-refractivity contribution in [3.63, 3.8) is 0 Å². The fourth-order valence-corrected chi connectivity index (χ4v) is 2.01. The van der Waals surface area contributed by atoms with Gasteiger partial charge in [-0.25, -0.2) is 9.78 Å². The van der Waals surface area contributed by atoms with Crippen LogP contribution >= 0.6 is 11.3 Å². The number of hydrogen-bond acceptors (Lipinski definition) is 4. The quantitative estimate of drug-likeness (QED) is 0.526. The Morgan fingerprint density at radius 3 is 3.25 bits per heavy atom. The average molecular weight is 180 g/mol. The van der Waals surface area contributed by atoms with Crippen LogP contribution in [0.2, 0.25) is 0 Å². The molecule has 3 nitrogen and oxygen atoms in total. The third-order valence-electron chi connectivity index (χ3n) is 1.80. The molecule has 1 aromatic rings. The Morgan fingerprint density at radius 1 is 1.75 bits per heavy atom. The van der Waals surface area contributed by atoms with Crippen molar-refractivity contribution in [2.45, 2.75) is 25.3 Å². The highest BCUT2D eigenvalue weighted by Gasteiger charge is 2.26. The number of carbonyl (C=O) groups excluding carboxylic acids is 1. The molecule has 0 unspecified atom stereocenters. The molecule has 0 aromatic carbocycles. The summed E-state index contributed by atoms with van der Waals surface area (Å²) in [7, 11) is 0. The van der Waals surface area contributed by atoms with E-state index in [1.807, 2.05) is 5.38 Å². The molecule has 1 aliphatic carbocycles. The maximum atomic E-state index is 9.82. The van der Waals surface area contributed by atoms with Gasteiger partial charge < -0.3 is 0 Å². The standard InChI is InChI=1S/C8H8N2OS/c11-5-9-3-7-4-12-8(10-7)6-1-2-6/h4,6H,1-3H2. The highest BCUT2D eigenvalue weighted by Crippen LogP contribution is 2.41. The first-order valence-electron chi connectivity index (χ1n) is 3.88. The molecule has 12 heavy (non-hydrogen) atoms. The second kappa shape index (κ2) is 3.17. The molecule has 0 spiro atoms. The van der Waals surface area contributed by atoms with Crippen LogP contribution < -0.4 is 0 Å². The minimum atomic E-state index is 0.382. The molecule has 0 atom stereocenters. The zero-order valence-electron chi connectivity index (χ0n) is 6.49. The number of hydrogen-bond donors (Lipinski definition) is 0. The van der Waals surface area contributed by atoms with Gasteiger partial charge >= 0.3 is 0 Å². The Hall–Kier alpha value is -0.990. The molecule has 0 aliphatic heterocycles. The molecule has 0 bridgehead atoms. The van der Waals surface area contributed by atoms with Gasteiger partial charge in [-0.1, -0.05) is 0 Å². The van der Waals surface area contributed by atoms with Crippen molar-refractivity contribution in [2.75, 3.05) is 0 Å². The maximum absolute atomic E-state index is 9.82. The predicted octanol–water partition coefficient (Wildman–Crippen LogP) is 1.86. The van der Waals surface area contributed by atoms with E-state index in [0.29, 0.717) is 12.5 Å². The van der Waals surface area contributed by atoms with Gasteiger partial charge in [-0.3, -0.25) is 0 Å². The van der Waals surface area contributed by atoms with Crippen LogP contribution in [0.25, 0.3) is 0 Å². The highest BCUT2D eigenvalue weighted by atomic mass is 32.1. The minimum Gasteiger partial charge on any atom is -0.244 e. The molecule has 62 valence electrons. The summed E-state index contributed by atoms with van der Waals surface area (Å²) in [6, 6.07) is 0. The SMILES string of the molecule is O=C=NCc1csc(C2CC2)n1. The second-order valence-corrected chi connectivity index (χ2v) is 3.75. The Morgan fingerprint density at radius 2 is 2.58 bits per heavy atom. The largest absolute Gasteiger partial charge is 0.244 e. The zero-order valence-corrected chi connectivity index (χ0v) is 7.30. The summed E-state index contributed by atoms with van der Waals surface area (Å²) < 4.78 is 0. The molecule has 1 saturated carbocycles. The molecule has 0 N–H and O–H groups in total. The lowest BCUT2D eigenvalue weighted by atomic mass is 10.4. The van der Waals surface area contributed by atoms with E-state index in [1.165, 1.54) is 23.9 Å². The summed E-state index contributed by atoms with van der Waals surface area (Å²) in [5, 5.41) is 3.17. The summed E-state index contributed by atoms with van der Waals surface area (Å²) in [6.07, 6.45) is 4.05. The molecule has 0 saturated heterocycles. The average Bonchev–Trinajstić information content (AvgIpc) is 2.83. The van der Waals surface area contributed by atoms with Crippen LogP contribution in [0.15, 0.2) is 10.4 Å². The van der Waals surface area contributed by atoms with Gasteiger partial charge in [0.1, 0.15) is 0 Å². The van der Waals surface area contributed by atoms with E-state index in [2.05, 4.69) is 9.98 Å². The van der Waals surface area contributed by atoms with Gasteiger partial charge in [-0.2, -0.15) is 4.99 Å². The normalized spacial score (nSPS) is 15.7. The van der Waals surface area contributed by atoms with Crippen molar-refractivity contribution < 1.29 is 4.79 Å². The first-order valence-corrected chi connectivity index (χ1v) is 4.76. The highest BCUT2D eigenvalue weighted by molar-refractivity contribution is 7.09. The van der Waals surface area contributed by atoms with Crippen LogP contribution in [0.1, 0.15) is 29.5 Å². The van der Waals surface area contributed by atoms with E-state index < -0.39 is 0 Å². The van der Waals surface area contributed by atoms with Gasteiger partial charge in [-0.15, -0.1) is 11.3 Å². The first kappa shape index (κ1) is 7.65. The molecule has 2 rings (SSSR count). The summed E-state index contributed by atoms with van der Waals surface area (Å²) in [4.78, 5) is 17.6. The van der Waals surface area contributed by atoms with Crippen molar-refractivity contribution in [1.29, 1.82) is 0 Å². The molecular formula is C8H8N2OS. The van der Waals surface area contributed by atoms with Gasteiger partial charge in [0.05, 0.1) is 17.2 Å².